The molecule has 8 nitrogen and oxygen atoms in total. The summed E-state index contributed by atoms with van der Waals surface area (Å²) in [6.07, 6.45) is 8.12. The first kappa shape index (κ1) is 18.6. The van der Waals surface area contributed by atoms with E-state index in [2.05, 4.69) is 32.6 Å². The van der Waals surface area contributed by atoms with Crippen LogP contribution < -0.4 is 5.32 Å². The number of piperidine rings is 1. The Balaban J connectivity index is 1.53. The number of aromatic nitrogens is 5. The Kier molecular flexibility index (Phi) is 5.38. The van der Waals surface area contributed by atoms with Gasteiger partial charge < -0.3 is 5.32 Å². The molecule has 3 aromatic rings. The number of nitrogens with zero attached hydrogens (tertiary/aromatic N) is 6. The predicted molar refractivity (Wildman–Crippen MR) is 107 cm³/mol. The summed E-state index contributed by atoms with van der Waals surface area (Å²) in [5.41, 5.74) is 3.27. The summed E-state index contributed by atoms with van der Waals surface area (Å²) in [5, 5.41) is 13.2. The van der Waals surface area contributed by atoms with E-state index in [4.69, 9.17) is 5.10 Å². The molecule has 0 spiro atoms. The zero-order valence-corrected chi connectivity index (χ0v) is 16.5. The lowest BCUT2D eigenvalue weighted by Crippen LogP contribution is -2.34. The zero-order valence-electron chi connectivity index (χ0n) is 16.5. The van der Waals surface area contributed by atoms with Gasteiger partial charge in [0.2, 0.25) is 5.91 Å². The molecule has 3 aromatic heterocycles. The predicted octanol–water partition coefficient (Wildman–Crippen LogP) is 1.68. The average Bonchev–Trinajstić information content (AvgIpc) is 3.25. The van der Waals surface area contributed by atoms with Gasteiger partial charge in [0.15, 0.2) is 5.65 Å². The maximum Gasteiger partial charge on any atom is 0.216 e. The monoisotopic (exact) mass is 381 g/mol. The van der Waals surface area contributed by atoms with Crippen LogP contribution in [0.3, 0.4) is 0 Å². The Morgan fingerprint density at radius 3 is 3.07 bits per heavy atom. The second-order valence-corrected chi connectivity index (χ2v) is 7.56. The lowest BCUT2D eigenvalue weighted by Gasteiger charge is -2.31. The molecular formula is C20H27N7O. The highest BCUT2D eigenvalue weighted by atomic mass is 16.1. The fraction of sp³-hybridized carbons (Fsp3) is 0.500. The third kappa shape index (κ3) is 4.06. The molecule has 1 aliphatic rings. The van der Waals surface area contributed by atoms with Crippen molar-refractivity contribution in [3.8, 4) is 0 Å². The molecule has 1 atom stereocenters. The normalized spacial score (nSPS) is 17.9. The fourth-order valence-electron chi connectivity index (χ4n) is 4.06. The first-order valence-electron chi connectivity index (χ1n) is 9.86. The molecule has 0 aromatic carbocycles. The summed E-state index contributed by atoms with van der Waals surface area (Å²) in [4.78, 5) is 18.2. The highest BCUT2D eigenvalue weighted by Gasteiger charge is 2.26. The number of carbonyl (C=O) groups is 1. The highest BCUT2D eigenvalue weighted by Crippen LogP contribution is 2.31. The van der Waals surface area contributed by atoms with Gasteiger partial charge in [-0.15, -0.1) is 0 Å². The van der Waals surface area contributed by atoms with Gasteiger partial charge in [-0.3, -0.25) is 14.4 Å². The highest BCUT2D eigenvalue weighted by molar-refractivity contribution is 5.79. The van der Waals surface area contributed by atoms with Crippen LogP contribution in [0.5, 0.6) is 0 Å². The van der Waals surface area contributed by atoms with Crippen LogP contribution in [0.25, 0.3) is 11.0 Å². The van der Waals surface area contributed by atoms with E-state index < -0.39 is 0 Å². The number of amides is 1. The second kappa shape index (κ2) is 8.10. The van der Waals surface area contributed by atoms with Crippen LogP contribution in [0.4, 0.5) is 0 Å². The lowest BCUT2D eigenvalue weighted by molar-refractivity contribution is -0.118. The van der Waals surface area contributed by atoms with Crippen LogP contribution in [0.2, 0.25) is 0 Å². The molecule has 4 rings (SSSR count). The number of carbonyl (C=O) groups excluding carboxylic acids is 1. The molecule has 8 heteroatoms. The maximum absolute atomic E-state index is 11.2. The van der Waals surface area contributed by atoms with E-state index in [-0.39, 0.29) is 5.91 Å². The Morgan fingerprint density at radius 1 is 1.39 bits per heavy atom. The summed E-state index contributed by atoms with van der Waals surface area (Å²) in [6, 6.07) is 4.08. The molecule has 28 heavy (non-hydrogen) atoms. The van der Waals surface area contributed by atoms with Crippen molar-refractivity contribution >= 4 is 16.9 Å². The fourth-order valence-corrected chi connectivity index (χ4v) is 4.06. The summed E-state index contributed by atoms with van der Waals surface area (Å²) >= 11 is 0. The van der Waals surface area contributed by atoms with Crippen molar-refractivity contribution in [3.63, 3.8) is 0 Å². The molecule has 1 amide bonds. The molecule has 4 heterocycles. The quantitative estimate of drug-likeness (QED) is 0.703. The van der Waals surface area contributed by atoms with Crippen molar-refractivity contribution in [1.82, 2.24) is 34.8 Å². The smallest absolute Gasteiger partial charge is 0.216 e. The van der Waals surface area contributed by atoms with Gasteiger partial charge in [0, 0.05) is 62.9 Å². The van der Waals surface area contributed by atoms with E-state index in [1.807, 2.05) is 28.7 Å². The molecule has 0 radical (unpaired) electrons. The minimum Gasteiger partial charge on any atom is -0.354 e. The first-order chi connectivity index (χ1) is 13.6. The van der Waals surface area contributed by atoms with Gasteiger partial charge in [-0.25, -0.2) is 9.67 Å². The van der Waals surface area contributed by atoms with Crippen molar-refractivity contribution < 1.29 is 4.79 Å². The lowest BCUT2D eigenvalue weighted by atomic mass is 9.93. The number of nitrogens with one attached hydrogen (secondary N) is 1. The molecule has 1 aliphatic heterocycles. The van der Waals surface area contributed by atoms with Gasteiger partial charge in [-0.2, -0.15) is 10.2 Å². The van der Waals surface area contributed by atoms with Gasteiger partial charge >= 0.3 is 0 Å². The summed E-state index contributed by atoms with van der Waals surface area (Å²) < 4.78 is 3.79. The van der Waals surface area contributed by atoms with Gasteiger partial charge in [-0.1, -0.05) is 0 Å². The van der Waals surface area contributed by atoms with Crippen molar-refractivity contribution in [2.75, 3.05) is 19.6 Å². The van der Waals surface area contributed by atoms with Crippen molar-refractivity contribution in [1.29, 1.82) is 0 Å². The standard InChI is InChI=1S/C20H27N7O/c1-15(28)21-8-10-27-20-18(6-3-7-22-20)19(24-27)17-5-4-9-26(14-17)13-16-11-23-25(2)12-16/h3,6-7,11-12,17H,4-5,8-10,13-14H2,1-2H3,(H,21,28)/t17-/m0/s1. The molecule has 0 saturated carbocycles. The van der Waals surface area contributed by atoms with Crippen LogP contribution in [-0.4, -0.2) is 55.0 Å². The molecule has 148 valence electrons. The van der Waals surface area contributed by atoms with E-state index in [0.717, 1.165) is 49.2 Å². The van der Waals surface area contributed by atoms with Crippen LogP contribution >= 0.6 is 0 Å². The third-order valence-electron chi connectivity index (χ3n) is 5.29. The second-order valence-electron chi connectivity index (χ2n) is 7.56. The van der Waals surface area contributed by atoms with Gasteiger partial charge in [0.25, 0.3) is 0 Å². The third-order valence-corrected chi connectivity index (χ3v) is 5.29. The largest absolute Gasteiger partial charge is 0.354 e. The number of pyridine rings is 1. The number of aryl methyl sites for hydroxylation is 1. The summed E-state index contributed by atoms with van der Waals surface area (Å²) in [5.74, 6) is 0.363. The molecular weight excluding hydrogens is 354 g/mol. The Bertz CT molecular complexity index is 961. The molecule has 1 N–H and O–H groups in total. The molecule has 0 unspecified atom stereocenters. The topological polar surface area (TPSA) is 80.9 Å². The summed E-state index contributed by atoms with van der Waals surface area (Å²) in [7, 11) is 1.95. The van der Waals surface area contributed by atoms with Crippen LogP contribution in [-0.2, 0) is 24.9 Å². The van der Waals surface area contributed by atoms with E-state index in [1.54, 1.807) is 6.20 Å². The minimum absolute atomic E-state index is 0.0250. The minimum atomic E-state index is -0.0250. The molecule has 1 fully saturated rings. The van der Waals surface area contributed by atoms with E-state index in [1.165, 1.54) is 12.5 Å². The zero-order chi connectivity index (χ0) is 19.5. The number of fused-ring (bicyclic) bond motifs is 1. The molecule has 0 bridgehead atoms. The number of rotatable bonds is 6. The SMILES string of the molecule is CC(=O)NCCn1nc([C@H]2CCCN(Cc3cnn(C)c3)C2)c2cccnc21. The van der Waals surface area contributed by atoms with Crippen LogP contribution in [0.15, 0.2) is 30.7 Å². The van der Waals surface area contributed by atoms with Crippen molar-refractivity contribution in [3.05, 3.63) is 42.0 Å². The molecule has 0 aliphatic carbocycles. The Morgan fingerprint density at radius 2 is 2.29 bits per heavy atom. The van der Waals surface area contributed by atoms with E-state index in [0.29, 0.717) is 19.0 Å². The van der Waals surface area contributed by atoms with Crippen LogP contribution in [0, 0.1) is 0 Å². The van der Waals surface area contributed by atoms with Crippen LogP contribution in [0.1, 0.15) is 36.9 Å². The van der Waals surface area contributed by atoms with Gasteiger partial charge in [0.1, 0.15) is 0 Å². The average molecular weight is 381 g/mol. The number of hydrogen-bond acceptors (Lipinski definition) is 5. The molecule has 1 saturated heterocycles. The van der Waals surface area contributed by atoms with Crippen molar-refractivity contribution in [2.45, 2.75) is 38.8 Å². The first-order valence-corrected chi connectivity index (χ1v) is 9.86. The Hall–Kier alpha value is -2.74. The summed E-state index contributed by atoms with van der Waals surface area (Å²) in [6.45, 7) is 5.72. The Labute approximate surface area is 164 Å². The maximum atomic E-state index is 11.2. The van der Waals surface area contributed by atoms with Gasteiger partial charge in [0.05, 0.1) is 18.4 Å². The van der Waals surface area contributed by atoms with E-state index >= 15 is 0 Å². The van der Waals surface area contributed by atoms with E-state index in [9.17, 15) is 4.79 Å². The van der Waals surface area contributed by atoms with Gasteiger partial charge in [-0.05, 0) is 31.5 Å². The van der Waals surface area contributed by atoms with Crippen molar-refractivity contribution in [2.24, 2.45) is 7.05 Å². The number of hydrogen-bond donors (Lipinski definition) is 1. The number of likely N-dealkylation sites (tertiary alicyclic amines) is 1.